The third kappa shape index (κ3) is 2.25. The van der Waals surface area contributed by atoms with Crippen LogP contribution in [0.5, 0.6) is 0 Å². The Bertz CT molecular complexity index is 1200. The van der Waals surface area contributed by atoms with Crippen LogP contribution in [0.25, 0.3) is 38.9 Å². The summed E-state index contributed by atoms with van der Waals surface area (Å²) in [6.45, 7) is 0. The molecule has 5 heteroatoms. The van der Waals surface area contributed by atoms with E-state index in [2.05, 4.69) is 51.9 Å². The summed E-state index contributed by atoms with van der Waals surface area (Å²) in [5, 5.41) is 0. The number of rotatable bonds is 2. The van der Waals surface area contributed by atoms with Crippen molar-refractivity contribution in [2.75, 3.05) is 5.73 Å². The maximum Gasteiger partial charge on any atom is 0.182 e. The maximum absolute atomic E-state index is 5.76. The Morgan fingerprint density at radius 3 is 2.44 bits per heavy atom. The number of aromatic nitrogens is 4. The molecule has 2 heterocycles. The van der Waals surface area contributed by atoms with Gasteiger partial charge in [0.1, 0.15) is 0 Å². The smallest absolute Gasteiger partial charge is 0.182 e. The second-order valence-electron chi connectivity index (χ2n) is 5.92. The second-order valence-corrected chi connectivity index (χ2v) is 5.92. The van der Waals surface area contributed by atoms with Crippen LogP contribution in [0.4, 0.5) is 5.69 Å². The summed E-state index contributed by atoms with van der Waals surface area (Å²) in [6.07, 6.45) is 5.82. The van der Waals surface area contributed by atoms with Gasteiger partial charge in [0.15, 0.2) is 12.7 Å². The maximum atomic E-state index is 5.76. The SMILES string of the molecule is Nc1ccc(-n2[c]nc3cc(-c4ccc5[nH][c]nc5c4)ccc32)cc1. The van der Waals surface area contributed by atoms with Crippen molar-refractivity contribution < 1.29 is 0 Å². The Morgan fingerprint density at radius 1 is 0.840 bits per heavy atom. The molecule has 3 N–H and O–H groups in total. The summed E-state index contributed by atoms with van der Waals surface area (Å²) in [6, 6.07) is 20.0. The number of hydrogen-bond acceptors (Lipinski definition) is 3. The zero-order valence-corrected chi connectivity index (χ0v) is 13.2. The number of benzene rings is 3. The molecule has 0 saturated heterocycles. The van der Waals surface area contributed by atoms with Gasteiger partial charge in [-0.25, -0.2) is 9.97 Å². The molecule has 3 aromatic carbocycles. The number of aromatic amines is 1. The number of hydrogen-bond donors (Lipinski definition) is 2. The highest BCUT2D eigenvalue weighted by atomic mass is 15.0. The monoisotopic (exact) mass is 323 g/mol. The number of H-pyrrole nitrogens is 1. The van der Waals surface area contributed by atoms with Crippen LogP contribution in [0.3, 0.4) is 0 Å². The molecule has 2 aromatic heterocycles. The predicted molar refractivity (Wildman–Crippen MR) is 98.2 cm³/mol. The van der Waals surface area contributed by atoms with Gasteiger partial charge >= 0.3 is 0 Å². The summed E-state index contributed by atoms with van der Waals surface area (Å²) in [5.41, 5.74) is 13.4. The first-order valence-electron chi connectivity index (χ1n) is 7.90. The first-order chi connectivity index (χ1) is 12.3. The van der Waals surface area contributed by atoms with Crippen LogP contribution in [-0.2, 0) is 0 Å². The van der Waals surface area contributed by atoms with E-state index in [9.17, 15) is 0 Å². The Labute approximate surface area is 143 Å². The van der Waals surface area contributed by atoms with Crippen molar-refractivity contribution in [3.8, 4) is 16.8 Å². The summed E-state index contributed by atoms with van der Waals surface area (Å²) in [4.78, 5) is 11.6. The Kier molecular flexibility index (Phi) is 2.87. The zero-order chi connectivity index (χ0) is 16.8. The van der Waals surface area contributed by atoms with Crippen molar-refractivity contribution in [3.05, 3.63) is 73.3 Å². The lowest BCUT2D eigenvalue weighted by atomic mass is 10.0. The molecule has 0 aliphatic rings. The summed E-state index contributed by atoms with van der Waals surface area (Å²) >= 11 is 0. The number of nitrogen functional groups attached to an aromatic ring is 1. The molecule has 0 amide bonds. The first-order valence-corrected chi connectivity index (χ1v) is 7.90. The van der Waals surface area contributed by atoms with Gasteiger partial charge in [-0.15, -0.1) is 0 Å². The van der Waals surface area contributed by atoms with Crippen LogP contribution in [0, 0.1) is 12.7 Å². The van der Waals surface area contributed by atoms with E-state index in [-0.39, 0.29) is 0 Å². The van der Waals surface area contributed by atoms with Gasteiger partial charge in [-0.2, -0.15) is 0 Å². The van der Waals surface area contributed by atoms with E-state index in [4.69, 9.17) is 5.73 Å². The highest BCUT2D eigenvalue weighted by Gasteiger charge is 2.08. The van der Waals surface area contributed by atoms with Crippen molar-refractivity contribution in [3.63, 3.8) is 0 Å². The van der Waals surface area contributed by atoms with Crippen molar-refractivity contribution in [2.24, 2.45) is 0 Å². The van der Waals surface area contributed by atoms with Crippen molar-refractivity contribution in [1.29, 1.82) is 0 Å². The normalized spacial score (nSPS) is 11.4. The summed E-state index contributed by atoms with van der Waals surface area (Å²) in [5.74, 6) is 0. The molecule has 5 nitrogen and oxygen atoms in total. The average molecular weight is 323 g/mol. The fourth-order valence-electron chi connectivity index (χ4n) is 3.02. The van der Waals surface area contributed by atoms with Gasteiger partial charge in [0.25, 0.3) is 0 Å². The minimum absolute atomic E-state index is 0.737. The molecule has 5 aromatic rings. The highest BCUT2D eigenvalue weighted by Crippen LogP contribution is 2.27. The van der Waals surface area contributed by atoms with Gasteiger partial charge in [0.05, 0.1) is 22.1 Å². The lowest BCUT2D eigenvalue weighted by Crippen LogP contribution is -1.93. The Morgan fingerprint density at radius 2 is 1.60 bits per heavy atom. The number of anilines is 1. The van der Waals surface area contributed by atoms with Gasteiger partial charge in [-0.3, -0.25) is 4.57 Å². The number of nitrogens with two attached hydrogens (primary N) is 1. The highest BCUT2D eigenvalue weighted by molar-refractivity contribution is 5.86. The molecular formula is C20H13N5. The molecule has 5 rings (SSSR count). The number of fused-ring (bicyclic) bond motifs is 2. The second kappa shape index (κ2) is 5.21. The van der Waals surface area contributed by atoms with E-state index < -0.39 is 0 Å². The van der Waals surface area contributed by atoms with E-state index in [1.165, 1.54) is 0 Å². The first kappa shape index (κ1) is 13.8. The molecular weight excluding hydrogens is 310 g/mol. The molecule has 0 atom stereocenters. The fourth-order valence-corrected chi connectivity index (χ4v) is 3.02. The molecule has 118 valence electrons. The minimum Gasteiger partial charge on any atom is -0.399 e. The average Bonchev–Trinajstić information content (AvgIpc) is 3.28. The Balaban J connectivity index is 1.61. The number of nitrogens with zero attached hydrogens (tertiary/aromatic N) is 3. The zero-order valence-electron chi connectivity index (χ0n) is 13.2. The molecule has 0 saturated carbocycles. The van der Waals surface area contributed by atoms with Crippen molar-refractivity contribution in [2.45, 2.75) is 0 Å². The fraction of sp³-hybridized carbons (Fsp3) is 0. The van der Waals surface area contributed by atoms with Gasteiger partial charge in [0.2, 0.25) is 0 Å². The number of imidazole rings is 2. The molecule has 2 radical (unpaired) electrons. The minimum atomic E-state index is 0.737. The number of nitrogens with one attached hydrogen (secondary N) is 1. The van der Waals surface area contributed by atoms with Gasteiger partial charge < -0.3 is 10.7 Å². The summed E-state index contributed by atoms with van der Waals surface area (Å²) < 4.78 is 1.93. The van der Waals surface area contributed by atoms with E-state index >= 15 is 0 Å². The van der Waals surface area contributed by atoms with E-state index in [0.29, 0.717) is 0 Å². The van der Waals surface area contributed by atoms with Crippen LogP contribution in [0.1, 0.15) is 0 Å². The standard InChI is InChI=1S/C20H13N5/c21-15-3-5-16(6-4-15)25-12-24-19-10-14(2-8-20(19)25)13-1-7-17-18(9-13)23-11-22-17/h1-10H,21H2,(H,22,23). The van der Waals surface area contributed by atoms with E-state index in [1.54, 1.807) is 0 Å². The van der Waals surface area contributed by atoms with Crippen LogP contribution >= 0.6 is 0 Å². The largest absolute Gasteiger partial charge is 0.399 e. The van der Waals surface area contributed by atoms with Crippen LogP contribution < -0.4 is 5.73 Å². The van der Waals surface area contributed by atoms with Crippen molar-refractivity contribution >= 4 is 27.8 Å². The molecule has 0 aliphatic heterocycles. The van der Waals surface area contributed by atoms with E-state index in [0.717, 1.165) is 44.6 Å². The van der Waals surface area contributed by atoms with Crippen LogP contribution in [0.2, 0.25) is 0 Å². The molecule has 0 aliphatic carbocycles. The third-order valence-electron chi connectivity index (χ3n) is 4.34. The topological polar surface area (TPSA) is 72.5 Å². The quantitative estimate of drug-likeness (QED) is 0.486. The molecule has 25 heavy (non-hydrogen) atoms. The Hall–Kier alpha value is -3.60. The third-order valence-corrected chi connectivity index (χ3v) is 4.34. The predicted octanol–water partition coefficient (Wildman–Crippen LogP) is 3.75. The van der Waals surface area contributed by atoms with Gasteiger partial charge in [0, 0.05) is 11.4 Å². The van der Waals surface area contributed by atoms with Crippen molar-refractivity contribution in [1.82, 2.24) is 19.5 Å². The lowest BCUT2D eigenvalue weighted by Gasteiger charge is -2.06. The summed E-state index contributed by atoms with van der Waals surface area (Å²) in [7, 11) is 0. The molecule has 0 unspecified atom stereocenters. The van der Waals surface area contributed by atoms with Crippen LogP contribution in [0.15, 0.2) is 60.7 Å². The molecule has 0 fully saturated rings. The van der Waals surface area contributed by atoms with E-state index in [1.807, 2.05) is 41.0 Å². The van der Waals surface area contributed by atoms with Gasteiger partial charge in [-0.05, 0) is 59.7 Å². The van der Waals surface area contributed by atoms with Gasteiger partial charge in [-0.1, -0.05) is 12.1 Å². The molecule has 0 spiro atoms. The molecule has 0 bridgehead atoms. The lowest BCUT2D eigenvalue weighted by molar-refractivity contribution is 1.08. The van der Waals surface area contributed by atoms with Crippen LogP contribution in [-0.4, -0.2) is 19.5 Å².